The third-order valence-corrected chi connectivity index (χ3v) is 3.96. The summed E-state index contributed by atoms with van der Waals surface area (Å²) in [6, 6.07) is 0. The molecule has 1 aliphatic rings. The van der Waals surface area contributed by atoms with Crippen LogP contribution in [0, 0.1) is 0 Å². The largest absolute Gasteiger partial charge is 0.328 e. The minimum atomic E-state index is -0.00780. The number of rotatable bonds is 4. The van der Waals surface area contributed by atoms with Gasteiger partial charge in [0.25, 0.3) is 0 Å². The van der Waals surface area contributed by atoms with Gasteiger partial charge in [-0.3, -0.25) is 4.79 Å². The number of carbonyl (C=O) groups is 1. The summed E-state index contributed by atoms with van der Waals surface area (Å²) in [5.74, 6) is 0.593. The van der Waals surface area contributed by atoms with Crippen LogP contribution < -0.4 is 5.73 Å². The van der Waals surface area contributed by atoms with Gasteiger partial charge in [0.05, 0.1) is 11.2 Å². The first-order valence-corrected chi connectivity index (χ1v) is 6.40. The molecular formula is C10H16N4OS. The molecule has 0 aliphatic heterocycles. The Kier molecular flexibility index (Phi) is 3.30. The summed E-state index contributed by atoms with van der Waals surface area (Å²) in [4.78, 5) is 10.8. The van der Waals surface area contributed by atoms with Crippen LogP contribution >= 0.6 is 11.8 Å². The first-order valence-electron chi connectivity index (χ1n) is 5.41. The zero-order valence-corrected chi connectivity index (χ0v) is 10.2. The molecule has 1 aliphatic carbocycles. The van der Waals surface area contributed by atoms with Gasteiger partial charge in [0.15, 0.2) is 5.12 Å². The maximum atomic E-state index is 10.8. The second kappa shape index (κ2) is 4.55. The maximum Gasteiger partial charge on any atom is 0.186 e. The standard InChI is InChI=1S/C10H16N4OS/c1-8(15)16-6-9-5-14(13-12-9)10(7-11)3-2-4-10/h5H,2-4,6-7,11H2,1H3. The average molecular weight is 240 g/mol. The summed E-state index contributed by atoms with van der Waals surface area (Å²) in [6.45, 7) is 2.16. The minimum Gasteiger partial charge on any atom is -0.328 e. The first kappa shape index (κ1) is 11.6. The van der Waals surface area contributed by atoms with E-state index in [-0.39, 0.29) is 10.7 Å². The number of thioether (sulfide) groups is 1. The van der Waals surface area contributed by atoms with Crippen molar-refractivity contribution in [2.75, 3.05) is 6.54 Å². The van der Waals surface area contributed by atoms with Crippen molar-refractivity contribution in [3.63, 3.8) is 0 Å². The SMILES string of the molecule is CC(=O)SCc1cn(C2(CN)CCC2)nn1. The van der Waals surface area contributed by atoms with Crippen molar-refractivity contribution >= 4 is 16.9 Å². The quantitative estimate of drug-likeness (QED) is 0.846. The summed E-state index contributed by atoms with van der Waals surface area (Å²) < 4.78 is 1.88. The van der Waals surface area contributed by atoms with Gasteiger partial charge >= 0.3 is 0 Å². The summed E-state index contributed by atoms with van der Waals surface area (Å²) in [5.41, 5.74) is 6.62. The Morgan fingerprint density at radius 3 is 2.94 bits per heavy atom. The number of hydrogen-bond donors (Lipinski definition) is 1. The lowest BCUT2D eigenvalue weighted by Crippen LogP contribution is -2.47. The van der Waals surface area contributed by atoms with E-state index in [9.17, 15) is 4.79 Å². The molecule has 1 heterocycles. The second-order valence-electron chi connectivity index (χ2n) is 4.22. The van der Waals surface area contributed by atoms with E-state index >= 15 is 0 Å². The van der Waals surface area contributed by atoms with Crippen molar-refractivity contribution in [3.05, 3.63) is 11.9 Å². The third-order valence-electron chi connectivity index (χ3n) is 3.11. The molecule has 0 aromatic carbocycles. The lowest BCUT2D eigenvalue weighted by atomic mass is 9.77. The van der Waals surface area contributed by atoms with Crippen molar-refractivity contribution < 1.29 is 4.79 Å². The highest BCUT2D eigenvalue weighted by Crippen LogP contribution is 2.37. The van der Waals surface area contributed by atoms with Gasteiger partial charge in [-0.25, -0.2) is 4.68 Å². The number of nitrogens with zero attached hydrogens (tertiary/aromatic N) is 3. The fourth-order valence-electron chi connectivity index (χ4n) is 1.88. The van der Waals surface area contributed by atoms with Crippen LogP contribution in [0.1, 0.15) is 31.9 Å². The topological polar surface area (TPSA) is 73.8 Å². The Bertz CT molecular complexity index is 380. The molecule has 1 aromatic rings. The van der Waals surface area contributed by atoms with Gasteiger partial charge in [-0.15, -0.1) is 5.10 Å². The molecule has 16 heavy (non-hydrogen) atoms. The normalized spacial score (nSPS) is 18.1. The van der Waals surface area contributed by atoms with E-state index in [0.717, 1.165) is 18.5 Å². The lowest BCUT2D eigenvalue weighted by molar-refractivity contribution is -0.109. The van der Waals surface area contributed by atoms with Crippen molar-refractivity contribution in [3.8, 4) is 0 Å². The Morgan fingerprint density at radius 2 is 2.44 bits per heavy atom. The molecule has 0 saturated heterocycles. The fraction of sp³-hybridized carbons (Fsp3) is 0.700. The summed E-state index contributed by atoms with van der Waals surface area (Å²) in [6.07, 6.45) is 5.27. The zero-order valence-electron chi connectivity index (χ0n) is 9.35. The van der Waals surface area contributed by atoms with Crippen LogP contribution in [0.3, 0.4) is 0 Å². The van der Waals surface area contributed by atoms with E-state index in [1.54, 1.807) is 6.92 Å². The molecule has 0 spiro atoms. The minimum absolute atomic E-state index is 0.00780. The monoisotopic (exact) mass is 240 g/mol. The molecule has 2 rings (SSSR count). The van der Waals surface area contributed by atoms with Crippen LogP contribution in [0.15, 0.2) is 6.20 Å². The highest BCUT2D eigenvalue weighted by atomic mass is 32.2. The Labute approximate surface area is 98.8 Å². The summed E-state index contributed by atoms with van der Waals surface area (Å²) >= 11 is 1.26. The van der Waals surface area contributed by atoms with E-state index < -0.39 is 0 Å². The van der Waals surface area contributed by atoms with Gasteiger partial charge in [-0.2, -0.15) is 0 Å². The van der Waals surface area contributed by atoms with Gasteiger partial charge in [0.2, 0.25) is 0 Å². The predicted molar refractivity (Wildman–Crippen MR) is 62.9 cm³/mol. The second-order valence-corrected chi connectivity index (χ2v) is 5.37. The van der Waals surface area contributed by atoms with Crippen LogP contribution in [-0.4, -0.2) is 26.7 Å². The Hall–Kier alpha value is -0.880. The lowest BCUT2D eigenvalue weighted by Gasteiger charge is -2.40. The Balaban J connectivity index is 2.04. The average Bonchev–Trinajstić information content (AvgIpc) is 2.63. The van der Waals surface area contributed by atoms with E-state index in [1.807, 2.05) is 10.9 Å². The Morgan fingerprint density at radius 1 is 1.69 bits per heavy atom. The first-order chi connectivity index (χ1) is 7.66. The number of aromatic nitrogens is 3. The maximum absolute atomic E-state index is 10.8. The van der Waals surface area contributed by atoms with Gasteiger partial charge in [0, 0.05) is 25.4 Å². The molecule has 1 saturated carbocycles. The number of carbonyl (C=O) groups excluding carboxylic acids is 1. The van der Waals surface area contributed by atoms with Crippen LogP contribution in [0.5, 0.6) is 0 Å². The van der Waals surface area contributed by atoms with Crippen LogP contribution in [0.2, 0.25) is 0 Å². The molecule has 0 bridgehead atoms. The van der Waals surface area contributed by atoms with Gasteiger partial charge in [-0.1, -0.05) is 17.0 Å². The van der Waals surface area contributed by atoms with E-state index in [2.05, 4.69) is 10.3 Å². The molecule has 1 aromatic heterocycles. The number of nitrogens with two attached hydrogens (primary N) is 1. The molecule has 0 unspecified atom stereocenters. The van der Waals surface area contributed by atoms with Crippen molar-refractivity contribution in [1.29, 1.82) is 0 Å². The number of hydrogen-bond acceptors (Lipinski definition) is 5. The van der Waals surface area contributed by atoms with Crippen molar-refractivity contribution in [2.24, 2.45) is 5.73 Å². The van der Waals surface area contributed by atoms with Gasteiger partial charge in [-0.05, 0) is 19.3 Å². The van der Waals surface area contributed by atoms with Gasteiger partial charge < -0.3 is 5.73 Å². The van der Waals surface area contributed by atoms with E-state index in [0.29, 0.717) is 12.3 Å². The van der Waals surface area contributed by atoms with Crippen molar-refractivity contribution in [2.45, 2.75) is 37.5 Å². The van der Waals surface area contributed by atoms with E-state index in [4.69, 9.17) is 5.73 Å². The molecular weight excluding hydrogens is 224 g/mol. The summed E-state index contributed by atoms with van der Waals surface area (Å²) in [7, 11) is 0. The molecule has 2 N–H and O–H groups in total. The molecule has 1 fully saturated rings. The highest BCUT2D eigenvalue weighted by molar-refractivity contribution is 8.12. The predicted octanol–water partition coefficient (Wildman–Crippen LogP) is 0.896. The van der Waals surface area contributed by atoms with Gasteiger partial charge in [0.1, 0.15) is 0 Å². The smallest absolute Gasteiger partial charge is 0.186 e. The molecule has 0 amide bonds. The highest BCUT2D eigenvalue weighted by Gasteiger charge is 2.38. The van der Waals surface area contributed by atoms with Crippen LogP contribution in [0.25, 0.3) is 0 Å². The molecule has 0 atom stereocenters. The van der Waals surface area contributed by atoms with Crippen LogP contribution in [0.4, 0.5) is 0 Å². The fourth-order valence-corrected chi connectivity index (χ4v) is 2.37. The molecule has 88 valence electrons. The molecule has 5 nitrogen and oxygen atoms in total. The third kappa shape index (κ3) is 2.12. The zero-order chi connectivity index (χ0) is 11.6. The van der Waals surface area contributed by atoms with E-state index in [1.165, 1.54) is 18.2 Å². The molecule has 6 heteroatoms. The molecule has 0 radical (unpaired) electrons. The summed E-state index contributed by atoms with van der Waals surface area (Å²) in [5, 5.41) is 8.29. The van der Waals surface area contributed by atoms with Crippen molar-refractivity contribution in [1.82, 2.24) is 15.0 Å². The van der Waals surface area contributed by atoms with Crippen LogP contribution in [-0.2, 0) is 16.1 Å².